The van der Waals surface area contributed by atoms with Crippen molar-refractivity contribution in [2.45, 2.75) is 32.0 Å². The minimum absolute atomic E-state index is 0.105. The Kier molecular flexibility index (Phi) is 6.24. The molecule has 0 radical (unpaired) electrons. The van der Waals surface area contributed by atoms with E-state index in [2.05, 4.69) is 22.1 Å². The van der Waals surface area contributed by atoms with Gasteiger partial charge >= 0.3 is 0 Å². The summed E-state index contributed by atoms with van der Waals surface area (Å²) in [6.45, 7) is 8.27. The third kappa shape index (κ3) is 4.36. The highest BCUT2D eigenvalue weighted by Crippen LogP contribution is 2.24. The van der Waals surface area contributed by atoms with E-state index in [9.17, 15) is 4.79 Å². The van der Waals surface area contributed by atoms with Crippen molar-refractivity contribution in [1.29, 1.82) is 0 Å². The van der Waals surface area contributed by atoms with Gasteiger partial charge in [0, 0.05) is 23.7 Å². The van der Waals surface area contributed by atoms with Crippen molar-refractivity contribution in [3.8, 4) is 0 Å². The average Bonchev–Trinajstić information content (AvgIpc) is 2.92. The second-order valence-corrected chi connectivity index (χ2v) is 6.25. The quantitative estimate of drug-likeness (QED) is 0.610. The zero-order chi connectivity index (χ0) is 16.8. The van der Waals surface area contributed by atoms with Gasteiger partial charge in [0.05, 0.1) is 5.75 Å². The molecule has 0 saturated heterocycles. The van der Waals surface area contributed by atoms with Crippen LogP contribution < -0.4 is 5.32 Å². The third-order valence-electron chi connectivity index (χ3n) is 3.30. The van der Waals surface area contributed by atoms with Crippen LogP contribution in [0.3, 0.4) is 0 Å². The number of aromatic nitrogens is 3. The Morgan fingerprint density at radius 2 is 2.26 bits per heavy atom. The minimum Gasteiger partial charge on any atom is -0.325 e. The number of hydrogen-bond donors (Lipinski definition) is 1. The van der Waals surface area contributed by atoms with E-state index in [-0.39, 0.29) is 11.7 Å². The molecule has 122 valence electrons. The van der Waals surface area contributed by atoms with Crippen molar-refractivity contribution in [2.75, 3.05) is 11.1 Å². The summed E-state index contributed by atoms with van der Waals surface area (Å²) in [5.41, 5.74) is 1.58. The van der Waals surface area contributed by atoms with Crippen LogP contribution in [0.15, 0.2) is 36.0 Å². The molecule has 2 aromatic rings. The number of carbonyl (C=O) groups excluding carboxylic acids is 1. The molecule has 0 fully saturated rings. The zero-order valence-corrected chi connectivity index (χ0v) is 14.7. The molecule has 1 N–H and O–H groups in total. The van der Waals surface area contributed by atoms with Crippen molar-refractivity contribution in [2.24, 2.45) is 0 Å². The van der Waals surface area contributed by atoms with Gasteiger partial charge in [0.2, 0.25) is 5.91 Å². The molecular formula is C16H19ClN4OS. The van der Waals surface area contributed by atoms with E-state index in [1.54, 1.807) is 12.1 Å². The fourth-order valence-corrected chi connectivity index (χ4v) is 3.00. The number of halogens is 1. The van der Waals surface area contributed by atoms with Gasteiger partial charge in [-0.25, -0.2) is 0 Å². The molecule has 0 bridgehead atoms. The molecule has 1 aromatic heterocycles. The molecule has 0 aliphatic carbocycles. The number of anilines is 1. The second kappa shape index (κ2) is 8.17. The van der Waals surface area contributed by atoms with Crippen molar-refractivity contribution < 1.29 is 4.79 Å². The summed E-state index contributed by atoms with van der Waals surface area (Å²) in [4.78, 5) is 12.1. The van der Waals surface area contributed by atoms with E-state index in [4.69, 9.17) is 11.6 Å². The molecule has 0 spiro atoms. The lowest BCUT2D eigenvalue weighted by atomic mass is 10.2. The highest BCUT2D eigenvalue weighted by molar-refractivity contribution is 7.99. The molecule has 1 aromatic carbocycles. The molecule has 0 aliphatic heterocycles. The Bertz CT molecular complexity index is 714. The maximum atomic E-state index is 12.1. The lowest BCUT2D eigenvalue weighted by Crippen LogP contribution is -2.15. The zero-order valence-electron chi connectivity index (χ0n) is 13.2. The first-order valence-corrected chi connectivity index (χ1v) is 8.63. The monoisotopic (exact) mass is 350 g/mol. The molecule has 2 rings (SSSR count). The maximum absolute atomic E-state index is 12.1. The number of aryl methyl sites for hydroxylation is 1. The molecule has 0 saturated carbocycles. The summed E-state index contributed by atoms with van der Waals surface area (Å²) in [5, 5.41) is 12.5. The fourth-order valence-electron chi connectivity index (χ4n) is 2.06. The number of carbonyl (C=O) groups is 1. The standard InChI is InChI=1S/C16H19ClN4OS/c1-4-9-21-14(5-2)19-20-16(21)23-10-15(22)18-13-8-6-7-12(17)11(13)3/h4,6-8H,1,5,9-10H2,2-3H3,(H,18,22). The summed E-state index contributed by atoms with van der Waals surface area (Å²) in [6, 6.07) is 5.44. The van der Waals surface area contributed by atoms with Crippen LogP contribution in [0, 0.1) is 6.92 Å². The van der Waals surface area contributed by atoms with Gasteiger partial charge in [0.1, 0.15) is 5.82 Å². The van der Waals surface area contributed by atoms with Crippen LogP contribution in [-0.4, -0.2) is 26.4 Å². The van der Waals surface area contributed by atoms with Gasteiger partial charge in [-0.2, -0.15) is 0 Å². The second-order valence-electron chi connectivity index (χ2n) is 4.90. The number of nitrogens with zero attached hydrogens (tertiary/aromatic N) is 3. The first kappa shape index (κ1) is 17.6. The van der Waals surface area contributed by atoms with Crippen molar-refractivity contribution in [3.63, 3.8) is 0 Å². The van der Waals surface area contributed by atoms with Gasteiger partial charge in [0.25, 0.3) is 0 Å². The summed E-state index contributed by atoms with van der Waals surface area (Å²) in [7, 11) is 0. The predicted molar refractivity (Wildman–Crippen MR) is 95.1 cm³/mol. The van der Waals surface area contributed by atoms with Crippen LogP contribution in [0.1, 0.15) is 18.3 Å². The molecule has 1 amide bonds. The Balaban J connectivity index is 2.01. The van der Waals surface area contributed by atoms with Gasteiger partial charge in [-0.15, -0.1) is 16.8 Å². The molecule has 1 heterocycles. The molecule has 0 unspecified atom stereocenters. The number of amides is 1. The normalized spacial score (nSPS) is 10.6. The number of thioether (sulfide) groups is 1. The Morgan fingerprint density at radius 3 is 2.96 bits per heavy atom. The van der Waals surface area contributed by atoms with Crippen molar-refractivity contribution in [3.05, 3.63) is 47.3 Å². The lowest BCUT2D eigenvalue weighted by molar-refractivity contribution is -0.113. The van der Waals surface area contributed by atoms with Crippen LogP contribution >= 0.6 is 23.4 Å². The van der Waals surface area contributed by atoms with Gasteiger partial charge < -0.3 is 9.88 Å². The third-order valence-corrected chi connectivity index (χ3v) is 4.67. The Morgan fingerprint density at radius 1 is 1.48 bits per heavy atom. The maximum Gasteiger partial charge on any atom is 0.234 e. The van der Waals surface area contributed by atoms with E-state index in [0.29, 0.717) is 11.6 Å². The largest absolute Gasteiger partial charge is 0.325 e. The summed E-state index contributed by atoms with van der Waals surface area (Å²) < 4.78 is 1.97. The minimum atomic E-state index is -0.105. The van der Waals surface area contributed by atoms with E-state index in [0.717, 1.165) is 28.7 Å². The van der Waals surface area contributed by atoms with Crippen molar-refractivity contribution in [1.82, 2.24) is 14.8 Å². The number of rotatable bonds is 7. The number of benzene rings is 1. The van der Waals surface area contributed by atoms with Crippen LogP contribution in [0.4, 0.5) is 5.69 Å². The van der Waals surface area contributed by atoms with E-state index < -0.39 is 0 Å². The fraction of sp³-hybridized carbons (Fsp3) is 0.312. The highest BCUT2D eigenvalue weighted by atomic mass is 35.5. The molecule has 0 atom stereocenters. The summed E-state index contributed by atoms with van der Waals surface area (Å²) >= 11 is 7.41. The SMILES string of the molecule is C=CCn1c(CC)nnc1SCC(=O)Nc1cccc(Cl)c1C. The molecule has 7 heteroatoms. The van der Waals surface area contributed by atoms with Gasteiger partial charge in [-0.3, -0.25) is 4.79 Å². The van der Waals surface area contributed by atoms with E-state index in [1.807, 2.05) is 30.5 Å². The summed E-state index contributed by atoms with van der Waals surface area (Å²) in [6.07, 6.45) is 2.58. The molecule has 5 nitrogen and oxygen atoms in total. The molecule has 23 heavy (non-hydrogen) atoms. The van der Waals surface area contributed by atoms with Crippen LogP contribution in [0.5, 0.6) is 0 Å². The Labute approximate surface area is 145 Å². The number of nitrogens with one attached hydrogen (secondary N) is 1. The van der Waals surface area contributed by atoms with Crippen molar-refractivity contribution >= 4 is 35.0 Å². The van der Waals surface area contributed by atoms with Gasteiger partial charge in [0.15, 0.2) is 5.16 Å². The summed E-state index contributed by atoms with van der Waals surface area (Å²) in [5.74, 6) is 1.04. The van der Waals surface area contributed by atoms with E-state index >= 15 is 0 Å². The van der Waals surface area contributed by atoms with Crippen LogP contribution in [0.25, 0.3) is 0 Å². The smallest absolute Gasteiger partial charge is 0.234 e. The first-order chi connectivity index (χ1) is 11.1. The highest BCUT2D eigenvalue weighted by Gasteiger charge is 2.13. The molecular weight excluding hydrogens is 332 g/mol. The van der Waals surface area contributed by atoms with Crippen LogP contribution in [-0.2, 0) is 17.8 Å². The number of allylic oxidation sites excluding steroid dienone is 1. The lowest BCUT2D eigenvalue weighted by Gasteiger charge is -2.09. The van der Waals surface area contributed by atoms with E-state index in [1.165, 1.54) is 11.8 Å². The topological polar surface area (TPSA) is 59.8 Å². The predicted octanol–water partition coefficient (Wildman–Crippen LogP) is 3.72. The molecule has 0 aliphatic rings. The first-order valence-electron chi connectivity index (χ1n) is 7.27. The Hall–Kier alpha value is -1.79. The average molecular weight is 351 g/mol. The number of hydrogen-bond acceptors (Lipinski definition) is 4. The van der Waals surface area contributed by atoms with Gasteiger partial charge in [-0.1, -0.05) is 42.4 Å². The van der Waals surface area contributed by atoms with Gasteiger partial charge in [-0.05, 0) is 24.6 Å². The van der Waals surface area contributed by atoms with Crippen LogP contribution in [0.2, 0.25) is 5.02 Å².